The Hall–Kier alpha value is 0. The molecule has 3 saturated carbocycles. The lowest BCUT2D eigenvalue weighted by atomic mass is 9.46. The Morgan fingerprint density at radius 2 is 1.44 bits per heavy atom. The van der Waals surface area contributed by atoms with E-state index >= 15 is 0 Å². The molecule has 3 aliphatic carbocycles. The van der Waals surface area contributed by atoms with E-state index in [9.17, 15) is 0 Å². The lowest BCUT2D eigenvalue weighted by Gasteiger charge is -2.59. The van der Waals surface area contributed by atoms with Gasteiger partial charge in [-0.3, -0.25) is 0 Å². The largest absolute Gasteiger partial charge is 0.0683 e. The van der Waals surface area contributed by atoms with Crippen molar-refractivity contribution in [2.45, 2.75) is 133 Å². The van der Waals surface area contributed by atoms with Gasteiger partial charge in [0.15, 0.2) is 0 Å². The van der Waals surface area contributed by atoms with Crippen molar-refractivity contribution < 1.29 is 0 Å². The minimum Gasteiger partial charge on any atom is -0.0683 e. The average Bonchev–Trinajstić information content (AvgIpc) is 3.03. The van der Waals surface area contributed by atoms with Gasteiger partial charge >= 0.3 is 0 Å². The van der Waals surface area contributed by atoms with Crippen molar-refractivity contribution in [1.82, 2.24) is 0 Å². The van der Waals surface area contributed by atoms with E-state index in [1.807, 2.05) is 27.7 Å². The van der Waals surface area contributed by atoms with Gasteiger partial charge in [0.05, 0.1) is 0 Å². The highest BCUT2D eigenvalue weighted by molar-refractivity contribution is 5.07. The Morgan fingerprint density at radius 3 is 2.04 bits per heavy atom. The molecule has 0 saturated heterocycles. The lowest BCUT2D eigenvalue weighted by molar-refractivity contribution is -0.0964. The highest BCUT2D eigenvalue weighted by Gasteiger charge is 2.58. The van der Waals surface area contributed by atoms with Crippen molar-refractivity contribution >= 4 is 0 Å². The normalized spacial score (nSPS) is 42.8. The maximum Gasteiger partial charge on any atom is -0.0266 e. The van der Waals surface area contributed by atoms with Crippen LogP contribution in [0.25, 0.3) is 0 Å². The van der Waals surface area contributed by atoms with E-state index in [1.165, 1.54) is 44.9 Å². The zero-order chi connectivity index (χ0) is 20.7. The van der Waals surface area contributed by atoms with Gasteiger partial charge < -0.3 is 0 Å². The zero-order valence-corrected chi connectivity index (χ0v) is 20.7. The van der Waals surface area contributed by atoms with Crippen LogP contribution in [0.15, 0.2) is 0 Å². The maximum atomic E-state index is 2.70. The Balaban J connectivity index is 0.000000855. The third-order valence-electron chi connectivity index (χ3n) is 9.25. The van der Waals surface area contributed by atoms with E-state index in [0.29, 0.717) is 10.8 Å². The summed E-state index contributed by atoms with van der Waals surface area (Å²) in [4.78, 5) is 0. The standard InChI is InChI=1S/C23H42.2C2H6/c1-6-8-15-22(4)17(3)10-12-19-20-13-11-18(9-7-2)23(20,5)16-14-21(19)22;2*1-2/h17-21H,6-16H2,1-5H3;2*1-2H3. The van der Waals surface area contributed by atoms with Crippen LogP contribution in [0.1, 0.15) is 133 Å². The molecule has 0 bridgehead atoms. The first-order valence-electron chi connectivity index (χ1n) is 13.0. The van der Waals surface area contributed by atoms with Crippen LogP contribution >= 0.6 is 0 Å². The number of rotatable bonds is 5. The molecule has 0 aromatic carbocycles. The Labute approximate surface area is 173 Å². The summed E-state index contributed by atoms with van der Waals surface area (Å²) in [7, 11) is 0. The van der Waals surface area contributed by atoms with E-state index in [2.05, 4.69) is 34.6 Å². The third kappa shape index (κ3) is 4.78. The van der Waals surface area contributed by atoms with Gasteiger partial charge in [-0.05, 0) is 85.4 Å². The van der Waals surface area contributed by atoms with Gasteiger partial charge in [-0.25, -0.2) is 0 Å². The average molecular weight is 379 g/mol. The molecular formula is C27H54. The number of hydrogen-bond donors (Lipinski definition) is 0. The fraction of sp³-hybridized carbons (Fsp3) is 1.00. The molecule has 3 aliphatic rings. The SMILES string of the molecule is CC.CC.CCCCC1(C)C(C)CCC2C1CCC1(C)C(CCC)CCC21. The van der Waals surface area contributed by atoms with Crippen LogP contribution < -0.4 is 0 Å². The van der Waals surface area contributed by atoms with Crippen molar-refractivity contribution in [3.63, 3.8) is 0 Å². The summed E-state index contributed by atoms with van der Waals surface area (Å²) in [5.41, 5.74) is 1.34. The van der Waals surface area contributed by atoms with Crippen LogP contribution in [-0.4, -0.2) is 0 Å². The summed E-state index contributed by atoms with van der Waals surface area (Å²) in [6, 6.07) is 0. The molecule has 0 heteroatoms. The van der Waals surface area contributed by atoms with E-state index < -0.39 is 0 Å². The minimum absolute atomic E-state index is 0.642. The molecule has 3 rings (SSSR count). The van der Waals surface area contributed by atoms with Crippen LogP contribution in [-0.2, 0) is 0 Å². The molecule has 0 nitrogen and oxygen atoms in total. The monoisotopic (exact) mass is 378 g/mol. The van der Waals surface area contributed by atoms with Crippen molar-refractivity contribution in [3.05, 3.63) is 0 Å². The van der Waals surface area contributed by atoms with Crippen LogP contribution in [0.3, 0.4) is 0 Å². The molecule has 0 spiro atoms. The fourth-order valence-corrected chi connectivity index (χ4v) is 7.57. The second kappa shape index (κ2) is 11.3. The molecule has 0 amide bonds. The second-order valence-electron chi connectivity index (χ2n) is 10.1. The Morgan fingerprint density at radius 1 is 0.778 bits per heavy atom. The van der Waals surface area contributed by atoms with E-state index in [-0.39, 0.29) is 0 Å². The predicted molar refractivity (Wildman–Crippen MR) is 124 cm³/mol. The quantitative estimate of drug-likeness (QED) is 0.446. The van der Waals surface area contributed by atoms with Crippen molar-refractivity contribution in [3.8, 4) is 0 Å². The van der Waals surface area contributed by atoms with Gasteiger partial charge in [0.25, 0.3) is 0 Å². The van der Waals surface area contributed by atoms with Gasteiger partial charge in [0.1, 0.15) is 0 Å². The Kier molecular flexibility index (Phi) is 10.4. The molecule has 7 atom stereocenters. The first-order valence-corrected chi connectivity index (χ1v) is 13.0. The topological polar surface area (TPSA) is 0 Å². The van der Waals surface area contributed by atoms with Crippen molar-refractivity contribution in [2.24, 2.45) is 40.4 Å². The number of fused-ring (bicyclic) bond motifs is 3. The maximum absolute atomic E-state index is 2.70. The summed E-state index contributed by atoms with van der Waals surface area (Å²) < 4.78 is 0. The molecule has 162 valence electrons. The smallest absolute Gasteiger partial charge is 0.0266 e. The van der Waals surface area contributed by atoms with Crippen LogP contribution in [0, 0.1) is 40.4 Å². The summed E-state index contributed by atoms with van der Waals surface area (Å²) in [5, 5.41) is 0. The van der Waals surface area contributed by atoms with E-state index in [4.69, 9.17) is 0 Å². The first kappa shape index (κ1) is 25.0. The fourth-order valence-electron chi connectivity index (χ4n) is 7.57. The first-order chi connectivity index (χ1) is 13.0. The van der Waals surface area contributed by atoms with Gasteiger partial charge in [-0.2, -0.15) is 0 Å². The summed E-state index contributed by atoms with van der Waals surface area (Å²) in [5.74, 6) is 5.16. The minimum atomic E-state index is 0.642. The third-order valence-corrected chi connectivity index (χ3v) is 9.25. The summed E-state index contributed by atoms with van der Waals surface area (Å²) >= 11 is 0. The molecule has 0 radical (unpaired) electrons. The van der Waals surface area contributed by atoms with Crippen molar-refractivity contribution in [1.29, 1.82) is 0 Å². The van der Waals surface area contributed by atoms with Crippen LogP contribution in [0.5, 0.6) is 0 Å². The molecule has 0 N–H and O–H groups in total. The van der Waals surface area contributed by atoms with Gasteiger partial charge in [-0.1, -0.05) is 88.0 Å². The van der Waals surface area contributed by atoms with Gasteiger partial charge in [0.2, 0.25) is 0 Å². The molecule has 0 aromatic rings. The molecule has 0 aromatic heterocycles. The molecule has 0 heterocycles. The van der Waals surface area contributed by atoms with E-state index in [0.717, 1.165) is 29.6 Å². The highest BCUT2D eigenvalue weighted by atomic mass is 14.6. The number of unbranched alkanes of at least 4 members (excludes halogenated alkanes) is 1. The molecule has 3 fully saturated rings. The lowest BCUT2D eigenvalue weighted by Crippen LogP contribution is -2.51. The molecular weight excluding hydrogens is 324 g/mol. The molecule has 7 unspecified atom stereocenters. The van der Waals surface area contributed by atoms with Gasteiger partial charge in [-0.15, -0.1) is 0 Å². The van der Waals surface area contributed by atoms with Crippen LogP contribution in [0.2, 0.25) is 0 Å². The zero-order valence-electron chi connectivity index (χ0n) is 20.7. The highest BCUT2D eigenvalue weighted by Crippen LogP contribution is 2.66. The van der Waals surface area contributed by atoms with Crippen molar-refractivity contribution in [2.75, 3.05) is 0 Å². The summed E-state index contributed by atoms with van der Waals surface area (Å²) in [6.07, 6.45) is 16.4. The van der Waals surface area contributed by atoms with Crippen LogP contribution in [0.4, 0.5) is 0 Å². The van der Waals surface area contributed by atoms with E-state index in [1.54, 1.807) is 25.7 Å². The molecule has 27 heavy (non-hydrogen) atoms. The molecule has 0 aliphatic heterocycles. The van der Waals surface area contributed by atoms with Gasteiger partial charge in [0, 0.05) is 0 Å². The second-order valence-corrected chi connectivity index (χ2v) is 10.1. The Bertz CT molecular complexity index is 399. The summed E-state index contributed by atoms with van der Waals surface area (Å²) in [6.45, 7) is 20.7. The number of hydrogen-bond acceptors (Lipinski definition) is 0. The predicted octanol–water partition coefficient (Wildman–Crippen LogP) is 9.52.